The first-order chi connectivity index (χ1) is 17.4. The zero-order valence-electron chi connectivity index (χ0n) is 21.1. The maximum atomic E-state index is 12.9. The summed E-state index contributed by atoms with van der Waals surface area (Å²) < 4.78 is 17.0. The standard InChI is InChI=1S/C27H31N3O5S/c1-6-33-22-15-20(16-23(34-7-2)25(22)35-8-3)26(31)30-29-18(5)19-10-12-21(13-11-19)28-27(32)24-14-9-17(4)36-24/h9-16H,6-8H2,1-5H3,(H,28,32)(H,30,31)/b29-18+. The van der Waals surface area contributed by atoms with Crippen molar-refractivity contribution in [1.82, 2.24) is 5.43 Å². The Kier molecular flexibility index (Phi) is 9.46. The van der Waals surface area contributed by atoms with E-state index in [0.29, 0.717) is 58.9 Å². The summed E-state index contributed by atoms with van der Waals surface area (Å²) in [6.07, 6.45) is 0. The van der Waals surface area contributed by atoms with E-state index in [9.17, 15) is 9.59 Å². The molecule has 0 saturated heterocycles. The van der Waals surface area contributed by atoms with Gasteiger partial charge in [-0.15, -0.1) is 11.3 Å². The van der Waals surface area contributed by atoms with E-state index in [2.05, 4.69) is 15.8 Å². The molecule has 3 rings (SSSR count). The van der Waals surface area contributed by atoms with E-state index in [-0.39, 0.29) is 5.91 Å². The lowest BCUT2D eigenvalue weighted by molar-refractivity contribution is 0.0953. The van der Waals surface area contributed by atoms with Crippen LogP contribution >= 0.6 is 11.3 Å². The Labute approximate surface area is 215 Å². The summed E-state index contributed by atoms with van der Waals surface area (Å²) in [5.74, 6) is 0.790. The van der Waals surface area contributed by atoms with E-state index in [1.54, 1.807) is 31.2 Å². The summed E-state index contributed by atoms with van der Waals surface area (Å²) in [6.45, 7) is 10.6. The molecule has 0 saturated carbocycles. The maximum absolute atomic E-state index is 12.9. The third-order valence-electron chi connectivity index (χ3n) is 5.02. The van der Waals surface area contributed by atoms with Crippen LogP contribution in [0.15, 0.2) is 53.6 Å². The Hall–Kier alpha value is -3.85. The van der Waals surface area contributed by atoms with Crippen LogP contribution in [-0.2, 0) is 0 Å². The number of thiophene rings is 1. The number of carbonyl (C=O) groups excluding carboxylic acids is 2. The number of hydrogen-bond donors (Lipinski definition) is 2. The number of ether oxygens (including phenoxy) is 3. The van der Waals surface area contributed by atoms with Crippen molar-refractivity contribution in [2.45, 2.75) is 34.6 Å². The number of anilines is 1. The number of rotatable bonds is 11. The van der Waals surface area contributed by atoms with Gasteiger partial charge >= 0.3 is 0 Å². The van der Waals surface area contributed by atoms with E-state index in [1.807, 2.05) is 52.0 Å². The fourth-order valence-corrected chi connectivity index (χ4v) is 4.09. The highest BCUT2D eigenvalue weighted by atomic mass is 32.1. The highest BCUT2D eigenvalue weighted by Gasteiger charge is 2.18. The van der Waals surface area contributed by atoms with Gasteiger partial charge in [0.25, 0.3) is 11.8 Å². The van der Waals surface area contributed by atoms with Crippen LogP contribution in [0.4, 0.5) is 5.69 Å². The lowest BCUT2D eigenvalue weighted by Crippen LogP contribution is -2.20. The van der Waals surface area contributed by atoms with Gasteiger partial charge in [0.15, 0.2) is 11.5 Å². The molecule has 2 aromatic carbocycles. The average molecular weight is 510 g/mol. The molecule has 3 aromatic rings. The van der Waals surface area contributed by atoms with Crippen LogP contribution in [0.5, 0.6) is 17.2 Å². The van der Waals surface area contributed by atoms with E-state index in [0.717, 1.165) is 10.4 Å². The minimum Gasteiger partial charge on any atom is -0.490 e. The van der Waals surface area contributed by atoms with Crippen molar-refractivity contribution < 1.29 is 23.8 Å². The summed E-state index contributed by atoms with van der Waals surface area (Å²) in [5, 5.41) is 7.12. The molecule has 190 valence electrons. The van der Waals surface area contributed by atoms with Gasteiger partial charge in [0.05, 0.1) is 30.4 Å². The molecule has 8 nitrogen and oxygen atoms in total. The van der Waals surface area contributed by atoms with E-state index in [1.165, 1.54) is 11.3 Å². The average Bonchev–Trinajstić information content (AvgIpc) is 3.31. The summed E-state index contributed by atoms with van der Waals surface area (Å²) >= 11 is 1.45. The monoisotopic (exact) mass is 509 g/mol. The van der Waals surface area contributed by atoms with Crippen LogP contribution in [0.2, 0.25) is 0 Å². The molecule has 0 unspecified atom stereocenters. The number of aryl methyl sites for hydroxylation is 1. The first-order valence-electron chi connectivity index (χ1n) is 11.8. The Morgan fingerprint density at radius 3 is 1.97 bits per heavy atom. The fraction of sp³-hybridized carbons (Fsp3) is 0.296. The first kappa shape index (κ1) is 26.7. The van der Waals surface area contributed by atoms with Crippen LogP contribution in [0, 0.1) is 6.92 Å². The molecule has 0 bridgehead atoms. The zero-order valence-corrected chi connectivity index (χ0v) is 22.0. The normalized spacial score (nSPS) is 11.1. The molecule has 0 aliphatic carbocycles. The summed E-state index contributed by atoms with van der Waals surface area (Å²) in [5.41, 5.74) is 5.01. The predicted octanol–water partition coefficient (Wildman–Crippen LogP) is 5.66. The highest BCUT2D eigenvalue weighted by Crippen LogP contribution is 2.39. The molecule has 0 fully saturated rings. The maximum Gasteiger partial charge on any atom is 0.271 e. The van der Waals surface area contributed by atoms with E-state index >= 15 is 0 Å². The van der Waals surface area contributed by atoms with Crippen molar-refractivity contribution in [2.75, 3.05) is 25.1 Å². The molecule has 0 atom stereocenters. The fourth-order valence-electron chi connectivity index (χ4n) is 3.33. The van der Waals surface area contributed by atoms with Gasteiger partial charge in [-0.05, 0) is 76.6 Å². The van der Waals surface area contributed by atoms with Gasteiger partial charge in [0.1, 0.15) is 0 Å². The minimum atomic E-state index is -0.408. The third kappa shape index (κ3) is 6.85. The first-order valence-corrected chi connectivity index (χ1v) is 12.6. The van der Waals surface area contributed by atoms with Gasteiger partial charge in [-0.3, -0.25) is 9.59 Å². The molecule has 9 heteroatoms. The number of nitrogens with zero attached hydrogens (tertiary/aromatic N) is 1. The lowest BCUT2D eigenvalue weighted by Gasteiger charge is -2.16. The minimum absolute atomic E-state index is 0.147. The van der Waals surface area contributed by atoms with Gasteiger partial charge in [-0.25, -0.2) is 5.43 Å². The quantitative estimate of drug-likeness (QED) is 0.257. The van der Waals surface area contributed by atoms with Gasteiger partial charge in [-0.1, -0.05) is 12.1 Å². The second-order valence-electron chi connectivity index (χ2n) is 7.68. The molecule has 2 N–H and O–H groups in total. The van der Waals surface area contributed by atoms with Gasteiger partial charge in [0.2, 0.25) is 5.75 Å². The third-order valence-corrected chi connectivity index (χ3v) is 6.02. The predicted molar refractivity (Wildman–Crippen MR) is 143 cm³/mol. The van der Waals surface area contributed by atoms with Gasteiger partial charge in [0, 0.05) is 16.1 Å². The van der Waals surface area contributed by atoms with Crippen LogP contribution in [0.1, 0.15) is 58.2 Å². The SMILES string of the molecule is CCOc1cc(C(=O)N/N=C(\C)c2ccc(NC(=O)c3ccc(C)s3)cc2)cc(OCC)c1OCC. The van der Waals surface area contributed by atoms with Crippen LogP contribution in [0.3, 0.4) is 0 Å². The number of hydrogen-bond acceptors (Lipinski definition) is 7. The Morgan fingerprint density at radius 2 is 1.44 bits per heavy atom. The molecule has 0 aliphatic heterocycles. The molecule has 36 heavy (non-hydrogen) atoms. The largest absolute Gasteiger partial charge is 0.490 e. The zero-order chi connectivity index (χ0) is 26.1. The number of hydrazone groups is 1. The van der Waals surface area contributed by atoms with E-state index in [4.69, 9.17) is 14.2 Å². The van der Waals surface area contributed by atoms with Crippen molar-refractivity contribution in [1.29, 1.82) is 0 Å². The van der Waals surface area contributed by atoms with E-state index < -0.39 is 5.91 Å². The van der Waals surface area contributed by atoms with Crippen molar-refractivity contribution in [3.63, 3.8) is 0 Å². The number of nitrogens with one attached hydrogen (secondary N) is 2. The van der Waals surface area contributed by atoms with Crippen LogP contribution in [-0.4, -0.2) is 37.3 Å². The smallest absolute Gasteiger partial charge is 0.271 e. The summed E-state index contributed by atoms with van der Waals surface area (Å²) in [6, 6.07) is 14.2. The number of benzene rings is 2. The molecule has 0 spiro atoms. The Bertz CT molecular complexity index is 1210. The Morgan fingerprint density at radius 1 is 0.833 bits per heavy atom. The Balaban J connectivity index is 1.71. The van der Waals surface area contributed by atoms with Gasteiger partial charge in [-0.2, -0.15) is 5.10 Å². The summed E-state index contributed by atoms with van der Waals surface area (Å²) in [7, 11) is 0. The molecule has 0 aliphatic rings. The lowest BCUT2D eigenvalue weighted by atomic mass is 10.1. The van der Waals surface area contributed by atoms with Crippen molar-refractivity contribution in [2.24, 2.45) is 5.10 Å². The topological polar surface area (TPSA) is 98.2 Å². The molecule has 2 amide bonds. The van der Waals surface area contributed by atoms with Crippen molar-refractivity contribution in [3.05, 3.63) is 69.4 Å². The summed E-state index contributed by atoms with van der Waals surface area (Å²) in [4.78, 5) is 26.9. The van der Waals surface area contributed by atoms with Crippen molar-refractivity contribution in [3.8, 4) is 17.2 Å². The number of carbonyl (C=O) groups is 2. The number of amides is 2. The molecule has 1 heterocycles. The van der Waals surface area contributed by atoms with Gasteiger partial charge < -0.3 is 19.5 Å². The van der Waals surface area contributed by atoms with Crippen LogP contribution < -0.4 is 25.0 Å². The molecule has 1 aromatic heterocycles. The van der Waals surface area contributed by atoms with Crippen LogP contribution in [0.25, 0.3) is 0 Å². The van der Waals surface area contributed by atoms with Crippen molar-refractivity contribution >= 4 is 34.6 Å². The molecule has 0 radical (unpaired) electrons. The second kappa shape index (κ2) is 12.7. The highest BCUT2D eigenvalue weighted by molar-refractivity contribution is 7.14. The molecular weight excluding hydrogens is 478 g/mol. The second-order valence-corrected chi connectivity index (χ2v) is 8.97. The molecular formula is C27H31N3O5S.